The second kappa shape index (κ2) is 11.3. The minimum Gasteiger partial charge on any atom is -0.481 e. The summed E-state index contributed by atoms with van der Waals surface area (Å²) in [6.07, 6.45) is 0.782. The number of carbonyl (C=O) groups excluding carboxylic acids is 1. The molecule has 8 heteroatoms. The largest absolute Gasteiger partial charge is 0.481 e. The summed E-state index contributed by atoms with van der Waals surface area (Å²) in [6, 6.07) is 26.6. The molecule has 7 nitrogen and oxygen atoms in total. The van der Waals surface area contributed by atoms with Crippen LogP contribution in [0, 0.1) is 0 Å². The van der Waals surface area contributed by atoms with Gasteiger partial charge in [-0.1, -0.05) is 66.7 Å². The van der Waals surface area contributed by atoms with Crippen molar-refractivity contribution in [3.63, 3.8) is 0 Å². The molecule has 0 radical (unpaired) electrons. The number of benzene rings is 4. The summed E-state index contributed by atoms with van der Waals surface area (Å²) in [5, 5.41) is 14.0. The van der Waals surface area contributed by atoms with Crippen LogP contribution in [0.3, 0.4) is 0 Å². The SMILES string of the molecule is CC(C(=O)Nc1cc(NS(=O)(=O)c2ccccc2)ccc1CCCC(=O)O)c1cccc2ccccc12. The molecule has 0 spiro atoms. The zero-order valence-electron chi connectivity index (χ0n) is 20.3. The van der Waals surface area contributed by atoms with Gasteiger partial charge in [-0.2, -0.15) is 0 Å². The Bertz CT molecular complexity index is 1530. The zero-order valence-corrected chi connectivity index (χ0v) is 21.2. The fourth-order valence-electron chi connectivity index (χ4n) is 4.23. The van der Waals surface area contributed by atoms with Crippen molar-refractivity contribution >= 4 is 44.0 Å². The number of carboxylic acids is 1. The van der Waals surface area contributed by atoms with Gasteiger partial charge in [0, 0.05) is 12.1 Å². The fraction of sp³-hybridized carbons (Fsp3) is 0.172. The average molecular weight is 517 g/mol. The lowest BCUT2D eigenvalue weighted by Crippen LogP contribution is -2.20. The second-order valence-electron chi connectivity index (χ2n) is 8.82. The molecule has 0 heterocycles. The summed E-state index contributed by atoms with van der Waals surface area (Å²) >= 11 is 0. The number of carboxylic acid groups (broad SMARTS) is 1. The molecule has 0 bridgehead atoms. The number of fused-ring (bicyclic) bond motifs is 1. The first-order valence-corrected chi connectivity index (χ1v) is 13.4. The Morgan fingerprint density at radius 2 is 1.59 bits per heavy atom. The van der Waals surface area contributed by atoms with E-state index >= 15 is 0 Å². The van der Waals surface area contributed by atoms with E-state index in [2.05, 4.69) is 10.0 Å². The molecule has 4 aromatic carbocycles. The fourth-order valence-corrected chi connectivity index (χ4v) is 5.30. The van der Waals surface area contributed by atoms with Crippen molar-refractivity contribution < 1.29 is 23.1 Å². The molecule has 190 valence electrons. The number of sulfonamides is 1. The third-order valence-corrected chi connectivity index (χ3v) is 7.59. The molecule has 1 unspecified atom stereocenters. The second-order valence-corrected chi connectivity index (χ2v) is 10.5. The molecular formula is C29H28N2O5S. The normalized spacial score (nSPS) is 12.1. The Labute approximate surface area is 216 Å². The van der Waals surface area contributed by atoms with Gasteiger partial charge in [0.15, 0.2) is 0 Å². The van der Waals surface area contributed by atoms with Gasteiger partial charge in [0.25, 0.3) is 10.0 Å². The van der Waals surface area contributed by atoms with Crippen molar-refractivity contribution in [2.75, 3.05) is 10.0 Å². The van der Waals surface area contributed by atoms with Crippen molar-refractivity contribution in [1.29, 1.82) is 0 Å². The third kappa shape index (κ3) is 6.34. The van der Waals surface area contributed by atoms with Crippen LogP contribution in [-0.4, -0.2) is 25.4 Å². The van der Waals surface area contributed by atoms with Gasteiger partial charge < -0.3 is 10.4 Å². The highest BCUT2D eigenvalue weighted by atomic mass is 32.2. The Morgan fingerprint density at radius 3 is 2.35 bits per heavy atom. The van der Waals surface area contributed by atoms with Crippen LogP contribution in [0.5, 0.6) is 0 Å². The van der Waals surface area contributed by atoms with Crippen LogP contribution in [0.1, 0.15) is 36.8 Å². The molecule has 0 aliphatic heterocycles. The maximum absolute atomic E-state index is 13.4. The molecule has 0 aromatic heterocycles. The monoisotopic (exact) mass is 516 g/mol. The number of aryl methyl sites for hydroxylation is 1. The summed E-state index contributed by atoms with van der Waals surface area (Å²) in [5.74, 6) is -1.64. The van der Waals surface area contributed by atoms with Gasteiger partial charge in [0.05, 0.1) is 16.5 Å². The lowest BCUT2D eigenvalue weighted by molar-refractivity contribution is -0.137. The minimum absolute atomic E-state index is 0.0117. The summed E-state index contributed by atoms with van der Waals surface area (Å²) in [6.45, 7) is 1.82. The summed E-state index contributed by atoms with van der Waals surface area (Å²) in [4.78, 5) is 24.5. The molecule has 3 N–H and O–H groups in total. The first-order chi connectivity index (χ1) is 17.7. The Balaban J connectivity index is 1.62. The van der Waals surface area contributed by atoms with Gasteiger partial charge in [-0.3, -0.25) is 14.3 Å². The molecule has 1 amide bonds. The number of nitrogens with one attached hydrogen (secondary N) is 2. The average Bonchev–Trinajstić information content (AvgIpc) is 2.89. The zero-order chi connectivity index (χ0) is 26.4. The number of anilines is 2. The smallest absolute Gasteiger partial charge is 0.303 e. The number of rotatable bonds is 10. The first kappa shape index (κ1) is 25.9. The number of hydrogen-bond acceptors (Lipinski definition) is 4. The van der Waals surface area contributed by atoms with Gasteiger partial charge in [-0.25, -0.2) is 8.42 Å². The lowest BCUT2D eigenvalue weighted by Gasteiger charge is -2.18. The van der Waals surface area contributed by atoms with E-state index in [0.29, 0.717) is 24.2 Å². The number of carbonyl (C=O) groups is 2. The van der Waals surface area contributed by atoms with Gasteiger partial charge >= 0.3 is 5.97 Å². The van der Waals surface area contributed by atoms with Crippen molar-refractivity contribution in [3.05, 3.63) is 102 Å². The van der Waals surface area contributed by atoms with E-state index in [-0.39, 0.29) is 17.2 Å². The van der Waals surface area contributed by atoms with Gasteiger partial charge in [0.1, 0.15) is 0 Å². The predicted molar refractivity (Wildman–Crippen MR) is 145 cm³/mol. The van der Waals surface area contributed by atoms with Crippen LogP contribution in [-0.2, 0) is 26.0 Å². The van der Waals surface area contributed by atoms with E-state index in [0.717, 1.165) is 21.9 Å². The van der Waals surface area contributed by atoms with E-state index in [1.54, 1.807) is 36.4 Å². The van der Waals surface area contributed by atoms with Crippen LogP contribution in [0.25, 0.3) is 10.8 Å². The molecule has 4 aromatic rings. The molecule has 37 heavy (non-hydrogen) atoms. The topological polar surface area (TPSA) is 113 Å². The number of hydrogen-bond donors (Lipinski definition) is 3. The van der Waals surface area contributed by atoms with E-state index < -0.39 is 21.9 Å². The summed E-state index contributed by atoms with van der Waals surface area (Å²) < 4.78 is 28.2. The van der Waals surface area contributed by atoms with Crippen molar-refractivity contribution in [3.8, 4) is 0 Å². The standard InChI is InChI=1S/C29H28N2O5S/c1-20(25-15-7-10-21-9-5-6-14-26(21)25)29(34)30-27-19-23(18-17-22(27)11-8-16-28(32)33)31-37(35,36)24-12-3-2-4-13-24/h2-7,9-10,12-15,17-20,31H,8,11,16H2,1H3,(H,30,34)(H,32,33). The van der Waals surface area contributed by atoms with Crippen molar-refractivity contribution in [1.82, 2.24) is 0 Å². The lowest BCUT2D eigenvalue weighted by atomic mass is 9.94. The molecule has 0 saturated carbocycles. The quantitative estimate of drug-likeness (QED) is 0.247. The van der Waals surface area contributed by atoms with E-state index in [9.17, 15) is 18.0 Å². The highest BCUT2D eigenvalue weighted by Gasteiger charge is 2.20. The highest BCUT2D eigenvalue weighted by molar-refractivity contribution is 7.92. The summed E-state index contributed by atoms with van der Waals surface area (Å²) in [5.41, 5.74) is 2.33. The van der Waals surface area contributed by atoms with Gasteiger partial charge in [0.2, 0.25) is 5.91 Å². The maximum Gasteiger partial charge on any atom is 0.303 e. The van der Waals surface area contributed by atoms with Crippen molar-refractivity contribution in [2.24, 2.45) is 0 Å². The predicted octanol–water partition coefficient (Wildman–Crippen LogP) is 5.79. The third-order valence-electron chi connectivity index (χ3n) is 6.19. The number of amides is 1. The van der Waals surface area contributed by atoms with Gasteiger partial charge in [-0.15, -0.1) is 0 Å². The molecule has 0 aliphatic carbocycles. The molecule has 1 atom stereocenters. The Morgan fingerprint density at radius 1 is 0.892 bits per heavy atom. The van der Waals surface area contributed by atoms with Crippen LogP contribution in [0.2, 0.25) is 0 Å². The van der Waals surface area contributed by atoms with E-state index in [4.69, 9.17) is 5.11 Å². The van der Waals surface area contributed by atoms with Crippen LogP contribution in [0.15, 0.2) is 95.9 Å². The number of aliphatic carboxylic acids is 1. The molecular weight excluding hydrogens is 488 g/mol. The van der Waals surface area contributed by atoms with Crippen LogP contribution in [0.4, 0.5) is 11.4 Å². The van der Waals surface area contributed by atoms with E-state index in [1.807, 2.05) is 49.4 Å². The summed E-state index contributed by atoms with van der Waals surface area (Å²) in [7, 11) is -3.82. The highest BCUT2D eigenvalue weighted by Crippen LogP contribution is 2.29. The molecule has 0 aliphatic rings. The van der Waals surface area contributed by atoms with Crippen molar-refractivity contribution in [2.45, 2.75) is 37.0 Å². The maximum atomic E-state index is 13.4. The van der Waals surface area contributed by atoms with E-state index in [1.165, 1.54) is 12.1 Å². The molecule has 0 fully saturated rings. The van der Waals surface area contributed by atoms with Crippen LogP contribution < -0.4 is 10.0 Å². The Hall–Kier alpha value is -4.17. The van der Waals surface area contributed by atoms with Gasteiger partial charge in [-0.05, 0) is 65.9 Å². The van der Waals surface area contributed by atoms with Crippen LogP contribution >= 0.6 is 0 Å². The first-order valence-electron chi connectivity index (χ1n) is 12.0. The molecule has 4 rings (SSSR count). The Kier molecular flexibility index (Phi) is 7.89. The molecule has 0 saturated heterocycles. The minimum atomic E-state index is -3.82.